The minimum absolute atomic E-state index is 0.361. The zero-order chi connectivity index (χ0) is 11.4. The molecule has 15 heavy (non-hydrogen) atoms. The summed E-state index contributed by atoms with van der Waals surface area (Å²) in [5, 5.41) is 19.4. The molecule has 0 aromatic heterocycles. The molecule has 4 nitrogen and oxygen atoms in total. The van der Waals surface area contributed by atoms with Crippen molar-refractivity contribution >= 4 is 17.6 Å². The Kier molecular flexibility index (Phi) is 4.08. The molecule has 2 unspecified atom stereocenters. The molecule has 0 bridgehead atoms. The molecule has 0 heterocycles. The molecule has 0 spiro atoms. The predicted molar refractivity (Wildman–Crippen MR) is 54.4 cm³/mol. The van der Waals surface area contributed by atoms with E-state index < -0.39 is 18.2 Å². The van der Waals surface area contributed by atoms with E-state index in [4.69, 9.17) is 11.6 Å². The van der Waals surface area contributed by atoms with E-state index in [9.17, 15) is 15.0 Å². The molecule has 0 saturated carbocycles. The maximum Gasteiger partial charge on any atom is 0.337 e. The first-order valence-electron chi connectivity index (χ1n) is 4.25. The molecule has 0 radical (unpaired) electrons. The first-order chi connectivity index (χ1) is 7.06. The molecular weight excluding hydrogens is 220 g/mol. The van der Waals surface area contributed by atoms with Gasteiger partial charge in [-0.25, -0.2) is 4.79 Å². The van der Waals surface area contributed by atoms with Gasteiger partial charge in [-0.05, 0) is 17.7 Å². The first-order valence-corrected chi connectivity index (χ1v) is 4.63. The molecule has 0 aliphatic heterocycles. The summed E-state index contributed by atoms with van der Waals surface area (Å²) in [6.07, 6.45) is -2.94. The van der Waals surface area contributed by atoms with Crippen LogP contribution in [0.25, 0.3) is 0 Å². The molecule has 0 fully saturated rings. The van der Waals surface area contributed by atoms with Crippen molar-refractivity contribution in [3.8, 4) is 0 Å². The fraction of sp³-hybridized carbons (Fsp3) is 0.300. The molecule has 5 heteroatoms. The van der Waals surface area contributed by atoms with Gasteiger partial charge in [0.2, 0.25) is 0 Å². The lowest BCUT2D eigenvalue weighted by molar-refractivity contribution is -0.156. The summed E-state index contributed by atoms with van der Waals surface area (Å²) < 4.78 is 4.30. The van der Waals surface area contributed by atoms with Crippen molar-refractivity contribution in [2.75, 3.05) is 7.11 Å². The van der Waals surface area contributed by atoms with Crippen LogP contribution in [0.3, 0.4) is 0 Å². The first kappa shape index (κ1) is 12.0. The number of esters is 1. The summed E-state index contributed by atoms with van der Waals surface area (Å²) in [6.45, 7) is 0. The van der Waals surface area contributed by atoms with Crippen molar-refractivity contribution in [2.45, 2.75) is 12.2 Å². The predicted octanol–water partition coefficient (Wildman–Crippen LogP) is 0.907. The van der Waals surface area contributed by atoms with E-state index in [0.717, 1.165) is 7.11 Å². The Balaban J connectivity index is 2.84. The van der Waals surface area contributed by atoms with E-state index in [-0.39, 0.29) is 0 Å². The minimum Gasteiger partial charge on any atom is -0.467 e. The molecule has 1 rings (SSSR count). The largest absolute Gasteiger partial charge is 0.467 e. The van der Waals surface area contributed by atoms with E-state index >= 15 is 0 Å². The van der Waals surface area contributed by atoms with Crippen LogP contribution in [0.4, 0.5) is 0 Å². The summed E-state index contributed by atoms with van der Waals surface area (Å²) >= 11 is 5.70. The number of hydrogen-bond donors (Lipinski definition) is 2. The maximum atomic E-state index is 10.9. The number of halogens is 1. The summed E-state index contributed by atoms with van der Waals surface area (Å²) in [5.74, 6) is -0.887. The van der Waals surface area contributed by atoms with Gasteiger partial charge in [0.05, 0.1) is 7.11 Å². The lowest BCUT2D eigenvalue weighted by atomic mass is 10.0. The van der Waals surface area contributed by atoms with Gasteiger partial charge in [0.15, 0.2) is 6.10 Å². The van der Waals surface area contributed by atoms with E-state index in [1.165, 1.54) is 6.07 Å². The highest BCUT2D eigenvalue weighted by atomic mass is 35.5. The Morgan fingerprint density at radius 2 is 2.13 bits per heavy atom. The molecule has 0 aliphatic rings. The Bertz CT molecular complexity index is 353. The number of rotatable bonds is 3. The topological polar surface area (TPSA) is 66.8 Å². The van der Waals surface area contributed by atoms with Gasteiger partial charge in [0.1, 0.15) is 6.10 Å². The highest BCUT2D eigenvalue weighted by molar-refractivity contribution is 6.30. The quantitative estimate of drug-likeness (QED) is 0.758. The third-order valence-corrected chi connectivity index (χ3v) is 2.17. The number of methoxy groups -OCH3 is 1. The molecule has 2 N–H and O–H groups in total. The highest BCUT2D eigenvalue weighted by Gasteiger charge is 2.26. The second-order valence-electron chi connectivity index (χ2n) is 2.97. The zero-order valence-corrected chi connectivity index (χ0v) is 8.81. The standard InChI is InChI=1S/C10H11ClO4/c1-15-10(14)9(13)8(12)6-3-2-4-7(11)5-6/h2-5,8-9,12-13H,1H3. The second kappa shape index (κ2) is 5.11. The van der Waals surface area contributed by atoms with E-state index in [1.807, 2.05) is 0 Å². The van der Waals surface area contributed by atoms with Gasteiger partial charge >= 0.3 is 5.97 Å². The molecular formula is C10H11ClO4. The average Bonchev–Trinajstić information content (AvgIpc) is 2.26. The molecule has 1 aromatic carbocycles. The van der Waals surface area contributed by atoms with Crippen molar-refractivity contribution in [3.05, 3.63) is 34.9 Å². The van der Waals surface area contributed by atoms with Gasteiger partial charge in [0, 0.05) is 5.02 Å². The monoisotopic (exact) mass is 230 g/mol. The second-order valence-corrected chi connectivity index (χ2v) is 3.40. The van der Waals surface area contributed by atoms with Crippen LogP contribution in [0, 0.1) is 0 Å². The Hall–Kier alpha value is -1.10. The fourth-order valence-corrected chi connectivity index (χ4v) is 1.32. The average molecular weight is 231 g/mol. The van der Waals surface area contributed by atoms with Crippen LogP contribution in [0.1, 0.15) is 11.7 Å². The summed E-state index contributed by atoms with van der Waals surface area (Å²) in [6, 6.07) is 6.27. The minimum atomic E-state index is -1.60. The normalized spacial score (nSPS) is 14.4. The molecule has 1 aromatic rings. The molecule has 0 aliphatic carbocycles. The SMILES string of the molecule is COC(=O)C(O)C(O)c1cccc(Cl)c1. The lowest BCUT2D eigenvalue weighted by Gasteiger charge is -2.15. The zero-order valence-electron chi connectivity index (χ0n) is 8.05. The van der Waals surface area contributed by atoms with Crippen LogP contribution in [0.15, 0.2) is 24.3 Å². The van der Waals surface area contributed by atoms with Gasteiger partial charge < -0.3 is 14.9 Å². The van der Waals surface area contributed by atoms with Gasteiger partial charge in [-0.15, -0.1) is 0 Å². The number of benzene rings is 1. The third-order valence-electron chi connectivity index (χ3n) is 1.93. The van der Waals surface area contributed by atoms with Crippen molar-refractivity contribution < 1.29 is 19.7 Å². The van der Waals surface area contributed by atoms with Crippen molar-refractivity contribution in [3.63, 3.8) is 0 Å². The molecule has 0 saturated heterocycles. The summed E-state index contributed by atoms with van der Waals surface area (Å²) in [7, 11) is 1.14. The highest BCUT2D eigenvalue weighted by Crippen LogP contribution is 2.20. The number of aliphatic hydroxyl groups is 2. The smallest absolute Gasteiger partial charge is 0.337 e. The van der Waals surface area contributed by atoms with Crippen LogP contribution < -0.4 is 0 Å². The van der Waals surface area contributed by atoms with Gasteiger partial charge in [-0.1, -0.05) is 23.7 Å². The van der Waals surface area contributed by atoms with Gasteiger partial charge in [-0.2, -0.15) is 0 Å². The van der Waals surface area contributed by atoms with Crippen LogP contribution in [0.5, 0.6) is 0 Å². The van der Waals surface area contributed by atoms with Crippen LogP contribution in [-0.2, 0) is 9.53 Å². The Labute approximate surface area is 92.1 Å². The summed E-state index contributed by atoms with van der Waals surface area (Å²) in [4.78, 5) is 10.9. The van der Waals surface area contributed by atoms with Crippen LogP contribution in [-0.4, -0.2) is 29.4 Å². The number of carbonyl (C=O) groups excluding carboxylic acids is 1. The van der Waals surface area contributed by atoms with Crippen LogP contribution >= 0.6 is 11.6 Å². The van der Waals surface area contributed by atoms with E-state index in [2.05, 4.69) is 4.74 Å². The fourth-order valence-electron chi connectivity index (χ4n) is 1.12. The van der Waals surface area contributed by atoms with Gasteiger partial charge in [-0.3, -0.25) is 0 Å². The van der Waals surface area contributed by atoms with Crippen LogP contribution in [0.2, 0.25) is 5.02 Å². The number of ether oxygens (including phenoxy) is 1. The van der Waals surface area contributed by atoms with Gasteiger partial charge in [0.25, 0.3) is 0 Å². The third kappa shape index (κ3) is 2.92. The van der Waals surface area contributed by atoms with E-state index in [1.54, 1.807) is 18.2 Å². The van der Waals surface area contributed by atoms with Crippen molar-refractivity contribution in [1.29, 1.82) is 0 Å². The number of hydrogen-bond acceptors (Lipinski definition) is 4. The lowest BCUT2D eigenvalue weighted by Crippen LogP contribution is -2.28. The Morgan fingerprint density at radius 1 is 1.47 bits per heavy atom. The molecule has 82 valence electrons. The molecule has 0 amide bonds. The Morgan fingerprint density at radius 3 is 2.67 bits per heavy atom. The van der Waals surface area contributed by atoms with E-state index in [0.29, 0.717) is 10.6 Å². The maximum absolute atomic E-state index is 10.9. The number of carbonyl (C=O) groups is 1. The van der Waals surface area contributed by atoms with Crippen molar-refractivity contribution in [2.24, 2.45) is 0 Å². The molecule has 2 atom stereocenters. The summed E-state index contributed by atoms with van der Waals surface area (Å²) in [5.41, 5.74) is 0.361. The number of aliphatic hydroxyl groups excluding tert-OH is 2. The van der Waals surface area contributed by atoms with Crippen molar-refractivity contribution in [1.82, 2.24) is 0 Å².